The fourth-order valence-electron chi connectivity index (χ4n) is 2.85. The third kappa shape index (κ3) is 5.16. The highest BCUT2D eigenvalue weighted by atomic mass is 35.5. The summed E-state index contributed by atoms with van der Waals surface area (Å²) in [4.78, 5) is 11.9. The number of aryl methyl sites for hydroxylation is 1. The molecule has 0 aliphatic heterocycles. The highest BCUT2D eigenvalue weighted by Gasteiger charge is 2.10. The van der Waals surface area contributed by atoms with Crippen LogP contribution in [0.4, 0.5) is 4.39 Å². The second-order valence-electron chi connectivity index (χ2n) is 6.29. The molecule has 1 aromatic heterocycles. The van der Waals surface area contributed by atoms with Gasteiger partial charge in [-0.1, -0.05) is 23.2 Å². The Balaban J connectivity index is 1.62. The van der Waals surface area contributed by atoms with Gasteiger partial charge in [-0.05, 0) is 62.4 Å². The van der Waals surface area contributed by atoms with Crippen molar-refractivity contribution in [2.45, 2.75) is 13.8 Å². The predicted octanol–water partition coefficient (Wildman–Crippen LogP) is 5.07. The lowest BCUT2D eigenvalue weighted by atomic mass is 10.2. The number of nitrogens with zero attached hydrogens (tertiary/aromatic N) is 2. The predicted molar refractivity (Wildman–Crippen MR) is 113 cm³/mol. The first-order valence-electron chi connectivity index (χ1n) is 8.70. The van der Waals surface area contributed by atoms with Gasteiger partial charge in [0.15, 0.2) is 6.61 Å². The number of hydrogen-bond donors (Lipinski definition) is 1. The molecule has 8 heteroatoms. The molecule has 0 atom stereocenters. The molecule has 2 aromatic carbocycles. The highest BCUT2D eigenvalue weighted by molar-refractivity contribution is 6.35. The Bertz CT molecular complexity index is 1060. The Hall–Kier alpha value is -2.83. The van der Waals surface area contributed by atoms with Crippen LogP contribution >= 0.6 is 23.2 Å². The van der Waals surface area contributed by atoms with Crippen molar-refractivity contribution >= 4 is 35.3 Å². The van der Waals surface area contributed by atoms with Gasteiger partial charge >= 0.3 is 0 Å². The average Bonchev–Trinajstić information content (AvgIpc) is 2.95. The van der Waals surface area contributed by atoms with Crippen molar-refractivity contribution in [3.8, 4) is 11.4 Å². The molecule has 0 bridgehead atoms. The smallest absolute Gasteiger partial charge is 0.277 e. The summed E-state index contributed by atoms with van der Waals surface area (Å²) in [5.41, 5.74) is 5.96. The maximum atomic E-state index is 13.2. The summed E-state index contributed by atoms with van der Waals surface area (Å²) in [6.07, 6.45) is 1.55. The average molecular weight is 434 g/mol. The van der Waals surface area contributed by atoms with Gasteiger partial charge in [0.2, 0.25) is 0 Å². The molecule has 0 spiro atoms. The largest absolute Gasteiger partial charge is 0.482 e. The van der Waals surface area contributed by atoms with Gasteiger partial charge in [-0.25, -0.2) is 9.82 Å². The van der Waals surface area contributed by atoms with Crippen molar-refractivity contribution in [1.29, 1.82) is 0 Å². The maximum absolute atomic E-state index is 13.2. The molecular weight excluding hydrogens is 416 g/mol. The standard InChI is InChI=1S/C21H18Cl2FN3O2/c1-13-9-15(14(2)27(13)18-6-4-17(24)5-7-18)11-25-26-21(28)12-29-20-8-3-16(22)10-19(20)23/h3-11H,12H2,1-2H3,(H,26,28)/b25-11-. The number of nitrogens with one attached hydrogen (secondary N) is 1. The van der Waals surface area contributed by atoms with Crippen molar-refractivity contribution in [3.63, 3.8) is 0 Å². The number of hydrazone groups is 1. The molecule has 0 radical (unpaired) electrons. The number of halogens is 3. The molecule has 1 N–H and O–H groups in total. The van der Waals surface area contributed by atoms with Crippen LogP contribution in [0.25, 0.3) is 5.69 Å². The molecule has 0 aliphatic rings. The second kappa shape index (κ2) is 9.11. The van der Waals surface area contributed by atoms with Crippen LogP contribution in [0.1, 0.15) is 17.0 Å². The molecule has 0 aliphatic carbocycles. The molecule has 3 rings (SSSR count). The zero-order valence-corrected chi connectivity index (χ0v) is 17.3. The Kier molecular flexibility index (Phi) is 6.56. The first-order valence-corrected chi connectivity index (χ1v) is 9.45. The van der Waals surface area contributed by atoms with Gasteiger partial charge in [-0.2, -0.15) is 5.10 Å². The third-order valence-electron chi connectivity index (χ3n) is 4.20. The van der Waals surface area contributed by atoms with Gasteiger partial charge in [-0.3, -0.25) is 4.79 Å². The zero-order valence-electron chi connectivity index (χ0n) is 15.7. The van der Waals surface area contributed by atoms with Crippen LogP contribution in [-0.2, 0) is 4.79 Å². The van der Waals surface area contributed by atoms with E-state index in [-0.39, 0.29) is 12.4 Å². The van der Waals surface area contributed by atoms with E-state index in [2.05, 4.69) is 10.5 Å². The topological polar surface area (TPSA) is 55.6 Å². The molecule has 0 fully saturated rings. The summed E-state index contributed by atoms with van der Waals surface area (Å²) in [7, 11) is 0. The van der Waals surface area contributed by atoms with E-state index < -0.39 is 5.91 Å². The van der Waals surface area contributed by atoms with E-state index in [9.17, 15) is 9.18 Å². The van der Waals surface area contributed by atoms with Crippen LogP contribution in [0.3, 0.4) is 0 Å². The van der Waals surface area contributed by atoms with E-state index in [0.29, 0.717) is 15.8 Å². The Morgan fingerprint density at radius 1 is 1.17 bits per heavy atom. The number of amides is 1. The molecule has 0 saturated carbocycles. The minimum Gasteiger partial charge on any atom is -0.482 e. The summed E-state index contributed by atoms with van der Waals surface area (Å²) >= 11 is 11.8. The lowest BCUT2D eigenvalue weighted by molar-refractivity contribution is -0.123. The minimum absolute atomic E-state index is 0.243. The van der Waals surface area contributed by atoms with Crippen LogP contribution in [0, 0.1) is 19.7 Å². The van der Waals surface area contributed by atoms with Crippen molar-refractivity contribution in [2.24, 2.45) is 5.10 Å². The van der Waals surface area contributed by atoms with E-state index in [1.807, 2.05) is 24.5 Å². The zero-order chi connectivity index (χ0) is 21.0. The van der Waals surface area contributed by atoms with E-state index in [1.54, 1.807) is 30.5 Å². The van der Waals surface area contributed by atoms with E-state index in [1.165, 1.54) is 18.2 Å². The van der Waals surface area contributed by atoms with Crippen molar-refractivity contribution in [2.75, 3.05) is 6.61 Å². The number of carbonyl (C=O) groups excluding carboxylic acids is 1. The monoisotopic (exact) mass is 433 g/mol. The summed E-state index contributed by atoms with van der Waals surface area (Å²) in [5.74, 6) is -0.361. The molecule has 1 amide bonds. The minimum atomic E-state index is -0.431. The normalized spacial score (nSPS) is 11.1. The quantitative estimate of drug-likeness (QED) is 0.435. The summed E-state index contributed by atoms with van der Waals surface area (Å²) in [5, 5.41) is 4.78. The molecule has 1 heterocycles. The van der Waals surface area contributed by atoms with Crippen LogP contribution < -0.4 is 10.2 Å². The highest BCUT2D eigenvalue weighted by Crippen LogP contribution is 2.27. The van der Waals surface area contributed by atoms with Crippen molar-refractivity contribution in [3.05, 3.63) is 81.3 Å². The Morgan fingerprint density at radius 2 is 1.90 bits per heavy atom. The fourth-order valence-corrected chi connectivity index (χ4v) is 3.31. The summed E-state index contributed by atoms with van der Waals surface area (Å²) < 4.78 is 20.5. The second-order valence-corrected chi connectivity index (χ2v) is 7.14. The number of ether oxygens (including phenoxy) is 1. The summed E-state index contributed by atoms with van der Waals surface area (Å²) in [6, 6.07) is 12.9. The fraction of sp³-hybridized carbons (Fsp3) is 0.143. The van der Waals surface area contributed by atoms with Crippen LogP contribution in [-0.4, -0.2) is 23.3 Å². The summed E-state index contributed by atoms with van der Waals surface area (Å²) in [6.45, 7) is 3.62. The molecular formula is C21H18Cl2FN3O2. The third-order valence-corrected chi connectivity index (χ3v) is 4.73. The van der Waals surface area contributed by atoms with Crippen molar-refractivity contribution < 1.29 is 13.9 Å². The van der Waals surface area contributed by atoms with Gasteiger partial charge in [0.25, 0.3) is 5.91 Å². The number of carbonyl (C=O) groups is 1. The van der Waals surface area contributed by atoms with E-state index in [4.69, 9.17) is 27.9 Å². The van der Waals surface area contributed by atoms with Crippen LogP contribution in [0.5, 0.6) is 5.75 Å². The van der Waals surface area contributed by atoms with Gasteiger partial charge in [-0.15, -0.1) is 0 Å². The molecule has 5 nitrogen and oxygen atoms in total. The number of benzene rings is 2. The molecule has 0 unspecified atom stereocenters. The lowest BCUT2D eigenvalue weighted by Gasteiger charge is -2.09. The first kappa shape index (κ1) is 20.9. The van der Waals surface area contributed by atoms with Crippen LogP contribution in [0.15, 0.2) is 53.6 Å². The maximum Gasteiger partial charge on any atom is 0.277 e. The van der Waals surface area contributed by atoms with Crippen LogP contribution in [0.2, 0.25) is 10.0 Å². The van der Waals surface area contributed by atoms with Crippen molar-refractivity contribution in [1.82, 2.24) is 9.99 Å². The molecule has 0 saturated heterocycles. The van der Waals surface area contributed by atoms with E-state index >= 15 is 0 Å². The first-order chi connectivity index (χ1) is 13.8. The molecule has 29 heavy (non-hydrogen) atoms. The van der Waals surface area contributed by atoms with Gasteiger partial charge in [0, 0.05) is 27.7 Å². The lowest BCUT2D eigenvalue weighted by Crippen LogP contribution is -2.24. The van der Waals surface area contributed by atoms with Gasteiger partial charge in [0.05, 0.1) is 11.2 Å². The Morgan fingerprint density at radius 3 is 2.59 bits per heavy atom. The molecule has 3 aromatic rings. The van der Waals surface area contributed by atoms with Gasteiger partial charge in [0.1, 0.15) is 11.6 Å². The number of aromatic nitrogens is 1. The number of hydrogen-bond acceptors (Lipinski definition) is 3. The number of rotatable bonds is 6. The van der Waals surface area contributed by atoms with E-state index in [0.717, 1.165) is 22.6 Å². The Labute approximate surface area is 177 Å². The molecule has 150 valence electrons. The van der Waals surface area contributed by atoms with Gasteiger partial charge < -0.3 is 9.30 Å². The SMILES string of the molecule is Cc1cc(/C=N\NC(=O)COc2ccc(Cl)cc2Cl)c(C)n1-c1ccc(F)cc1.